The van der Waals surface area contributed by atoms with Crippen LogP contribution in [-0.4, -0.2) is 34.7 Å². The molecular formula is C31H32F2N4O5. The zero-order valence-corrected chi connectivity index (χ0v) is 23.5. The van der Waals surface area contributed by atoms with Crippen molar-refractivity contribution >= 4 is 29.3 Å². The van der Waals surface area contributed by atoms with E-state index in [4.69, 9.17) is 9.47 Å². The molecule has 42 heavy (non-hydrogen) atoms. The molecule has 3 aromatic rings. The monoisotopic (exact) mass is 578 g/mol. The summed E-state index contributed by atoms with van der Waals surface area (Å²) in [6, 6.07) is 9.94. The molecule has 1 heterocycles. The van der Waals surface area contributed by atoms with E-state index < -0.39 is 35.3 Å². The van der Waals surface area contributed by atoms with Crippen LogP contribution >= 0.6 is 0 Å². The van der Waals surface area contributed by atoms with Gasteiger partial charge in [-0.25, -0.2) is 18.4 Å². The van der Waals surface area contributed by atoms with Gasteiger partial charge in [0.15, 0.2) is 11.6 Å². The highest BCUT2D eigenvalue weighted by Crippen LogP contribution is 2.36. The number of urea groups is 1. The van der Waals surface area contributed by atoms with Gasteiger partial charge in [0.2, 0.25) is 5.91 Å². The number of nitrogens with zero attached hydrogens (tertiary/aromatic N) is 1. The minimum Gasteiger partial charge on any atom is -0.454 e. The van der Waals surface area contributed by atoms with E-state index >= 15 is 0 Å². The molecule has 4 amide bonds. The van der Waals surface area contributed by atoms with E-state index in [1.165, 1.54) is 42.6 Å². The van der Waals surface area contributed by atoms with Crippen LogP contribution in [0.1, 0.15) is 51.2 Å². The zero-order chi connectivity index (χ0) is 30.3. The average molecular weight is 579 g/mol. The Balaban J connectivity index is 1.35. The topological polar surface area (TPSA) is 119 Å². The molecule has 0 radical (unpaired) electrons. The molecule has 11 heteroatoms. The number of aromatic nitrogens is 1. The third kappa shape index (κ3) is 8.85. The number of anilines is 1. The first kappa shape index (κ1) is 30.2. The summed E-state index contributed by atoms with van der Waals surface area (Å²) < 4.78 is 39.2. The smallest absolute Gasteiger partial charge is 0.407 e. The Labute approximate surface area is 242 Å². The Morgan fingerprint density at radius 3 is 2.45 bits per heavy atom. The third-order valence-electron chi connectivity index (χ3n) is 6.20. The quantitative estimate of drug-likeness (QED) is 0.294. The van der Waals surface area contributed by atoms with Crippen LogP contribution in [-0.2, 0) is 16.0 Å². The molecule has 1 atom stereocenters. The van der Waals surface area contributed by atoms with Gasteiger partial charge < -0.3 is 20.1 Å². The molecule has 0 bridgehead atoms. The van der Waals surface area contributed by atoms with Gasteiger partial charge in [0.1, 0.15) is 17.2 Å². The van der Waals surface area contributed by atoms with Crippen molar-refractivity contribution in [2.75, 3.05) is 5.32 Å². The van der Waals surface area contributed by atoms with E-state index in [2.05, 4.69) is 20.9 Å². The Morgan fingerprint density at radius 2 is 1.79 bits per heavy atom. The summed E-state index contributed by atoms with van der Waals surface area (Å²) in [5, 5.41) is 7.44. The number of carbonyl (C=O) groups excluding carboxylic acids is 3. The number of amides is 4. The van der Waals surface area contributed by atoms with Crippen LogP contribution in [0.5, 0.6) is 11.5 Å². The van der Waals surface area contributed by atoms with E-state index in [1.54, 1.807) is 33.0 Å². The number of hydrogen-bond acceptors (Lipinski definition) is 6. The Kier molecular flexibility index (Phi) is 9.51. The van der Waals surface area contributed by atoms with Crippen molar-refractivity contribution in [3.63, 3.8) is 0 Å². The number of imide groups is 1. The number of pyridine rings is 1. The number of allylic oxidation sites excluding steroid dienone is 1. The lowest BCUT2D eigenvalue weighted by molar-refractivity contribution is -0.119. The number of benzene rings is 2. The molecule has 0 saturated heterocycles. The maximum absolute atomic E-state index is 15.0. The highest BCUT2D eigenvalue weighted by atomic mass is 19.1. The molecule has 0 saturated carbocycles. The first-order valence-corrected chi connectivity index (χ1v) is 13.4. The van der Waals surface area contributed by atoms with E-state index in [1.807, 2.05) is 6.08 Å². The van der Waals surface area contributed by atoms with Gasteiger partial charge in [-0.2, -0.15) is 0 Å². The second-order valence-corrected chi connectivity index (χ2v) is 10.8. The first-order valence-electron chi connectivity index (χ1n) is 13.4. The van der Waals surface area contributed by atoms with Gasteiger partial charge in [0, 0.05) is 35.8 Å². The van der Waals surface area contributed by atoms with Gasteiger partial charge in [0.05, 0.1) is 6.42 Å². The number of nitrogens with one attached hydrogen (secondary N) is 3. The SMILES string of the molecule is CC(C)(C)OC(=O)NC1CC=C(c2cnccc2Oc2ccc(NC(=O)NC(=O)Cc3ccc(F)cc3)cc2F)CC1. The van der Waals surface area contributed by atoms with Gasteiger partial charge in [-0.1, -0.05) is 18.2 Å². The fourth-order valence-electron chi connectivity index (χ4n) is 4.30. The molecule has 0 spiro atoms. The number of carbonyl (C=O) groups is 3. The highest BCUT2D eigenvalue weighted by molar-refractivity contribution is 6.01. The van der Waals surface area contributed by atoms with E-state index in [-0.39, 0.29) is 23.9 Å². The van der Waals surface area contributed by atoms with Gasteiger partial charge >= 0.3 is 12.1 Å². The number of halogens is 2. The van der Waals surface area contributed by atoms with Gasteiger partial charge in [-0.15, -0.1) is 0 Å². The van der Waals surface area contributed by atoms with Crippen molar-refractivity contribution in [2.24, 2.45) is 0 Å². The van der Waals surface area contributed by atoms with Crippen LogP contribution in [0.2, 0.25) is 0 Å². The van der Waals surface area contributed by atoms with Crippen LogP contribution in [0, 0.1) is 11.6 Å². The molecule has 4 rings (SSSR count). The summed E-state index contributed by atoms with van der Waals surface area (Å²) in [4.78, 5) is 40.6. The van der Waals surface area contributed by atoms with Crippen molar-refractivity contribution < 1.29 is 32.6 Å². The lowest BCUT2D eigenvalue weighted by Gasteiger charge is -2.26. The molecule has 0 fully saturated rings. The summed E-state index contributed by atoms with van der Waals surface area (Å²) in [5.74, 6) is -1.43. The normalized spacial score (nSPS) is 14.8. The second-order valence-electron chi connectivity index (χ2n) is 10.8. The Morgan fingerprint density at radius 1 is 1.02 bits per heavy atom. The summed E-state index contributed by atoms with van der Waals surface area (Å²) in [7, 11) is 0. The maximum Gasteiger partial charge on any atom is 0.407 e. The van der Waals surface area contributed by atoms with Gasteiger partial charge in [-0.05, 0) is 81.5 Å². The number of alkyl carbamates (subject to hydrolysis) is 1. The summed E-state index contributed by atoms with van der Waals surface area (Å²) in [6.45, 7) is 5.42. The molecule has 1 aliphatic rings. The fourth-order valence-corrected chi connectivity index (χ4v) is 4.30. The summed E-state index contributed by atoms with van der Waals surface area (Å²) in [6.07, 6.45) is 6.50. The Hall–Kier alpha value is -4.80. The van der Waals surface area contributed by atoms with Crippen LogP contribution < -0.4 is 20.7 Å². The number of hydrogen-bond donors (Lipinski definition) is 3. The van der Waals surface area contributed by atoms with Crippen LogP contribution in [0.4, 0.5) is 24.1 Å². The number of ether oxygens (including phenoxy) is 2. The predicted octanol–water partition coefficient (Wildman–Crippen LogP) is 6.50. The molecule has 1 aliphatic carbocycles. The number of rotatable bonds is 7. The first-order chi connectivity index (χ1) is 19.9. The zero-order valence-electron chi connectivity index (χ0n) is 23.5. The van der Waals surface area contributed by atoms with Gasteiger partial charge in [0.25, 0.3) is 0 Å². The Bertz CT molecular complexity index is 1490. The average Bonchev–Trinajstić information content (AvgIpc) is 2.91. The third-order valence-corrected chi connectivity index (χ3v) is 6.20. The van der Waals surface area contributed by atoms with E-state index in [9.17, 15) is 23.2 Å². The molecule has 220 valence electrons. The minimum atomic E-state index is -0.838. The standard InChI is InChI=1S/C31H32F2N4O5/c1-31(2,3)42-30(40)36-22-10-6-20(7-11-22)24-18-34-15-14-26(24)41-27-13-12-23(17-25(27)33)35-29(39)37-28(38)16-19-4-8-21(32)9-5-19/h4-6,8-9,12-15,17-18,22H,7,10-11,16H2,1-3H3,(H,36,40)(H2,35,37,38,39). The maximum atomic E-state index is 15.0. The molecule has 1 unspecified atom stereocenters. The molecular weight excluding hydrogens is 546 g/mol. The summed E-state index contributed by atoms with van der Waals surface area (Å²) >= 11 is 0. The predicted molar refractivity (Wildman–Crippen MR) is 153 cm³/mol. The second kappa shape index (κ2) is 13.2. The molecule has 9 nitrogen and oxygen atoms in total. The van der Waals surface area contributed by atoms with E-state index in [0.29, 0.717) is 36.1 Å². The van der Waals surface area contributed by atoms with Crippen molar-refractivity contribution in [1.82, 2.24) is 15.6 Å². The largest absolute Gasteiger partial charge is 0.454 e. The van der Waals surface area contributed by atoms with Crippen molar-refractivity contribution in [3.8, 4) is 11.5 Å². The lowest BCUT2D eigenvalue weighted by Crippen LogP contribution is -2.39. The molecule has 0 aliphatic heterocycles. The van der Waals surface area contributed by atoms with Gasteiger partial charge in [-0.3, -0.25) is 15.1 Å². The van der Waals surface area contributed by atoms with Crippen LogP contribution in [0.25, 0.3) is 5.57 Å². The van der Waals surface area contributed by atoms with Crippen molar-refractivity contribution in [3.05, 3.63) is 89.8 Å². The highest BCUT2D eigenvalue weighted by Gasteiger charge is 2.23. The van der Waals surface area contributed by atoms with Crippen LogP contribution in [0.15, 0.2) is 67.0 Å². The van der Waals surface area contributed by atoms with Crippen molar-refractivity contribution in [1.29, 1.82) is 0 Å². The van der Waals surface area contributed by atoms with Crippen molar-refractivity contribution in [2.45, 2.75) is 58.1 Å². The van der Waals surface area contributed by atoms with Crippen LogP contribution in [0.3, 0.4) is 0 Å². The molecule has 3 N–H and O–H groups in total. The molecule has 1 aromatic heterocycles. The molecule has 2 aromatic carbocycles. The summed E-state index contributed by atoms with van der Waals surface area (Å²) in [5.41, 5.74) is 1.73. The lowest BCUT2D eigenvalue weighted by atomic mass is 9.91. The minimum absolute atomic E-state index is 0.0679. The fraction of sp³-hybridized carbons (Fsp3) is 0.290. The van der Waals surface area contributed by atoms with E-state index in [0.717, 1.165) is 11.6 Å².